The minimum Gasteiger partial charge on any atom is -0.352 e. The molecule has 0 aromatic carbocycles. The van der Waals surface area contributed by atoms with Gasteiger partial charge in [0.05, 0.1) is 10.7 Å². The number of aromatic nitrogens is 2. The Labute approximate surface area is 121 Å². The lowest BCUT2D eigenvalue weighted by atomic mass is 9.84. The van der Waals surface area contributed by atoms with E-state index in [-0.39, 0.29) is 5.91 Å². The van der Waals surface area contributed by atoms with Gasteiger partial charge in [-0.2, -0.15) is 5.10 Å². The van der Waals surface area contributed by atoms with Crippen molar-refractivity contribution in [1.82, 2.24) is 20.0 Å². The number of rotatable bonds is 4. The Bertz CT molecular complexity index is 453. The van der Waals surface area contributed by atoms with E-state index in [1.165, 1.54) is 25.9 Å². The molecule has 1 aromatic heterocycles. The fraction of sp³-hybridized carbons (Fsp3) is 0.692. The van der Waals surface area contributed by atoms with Gasteiger partial charge in [0.15, 0.2) is 0 Å². The van der Waals surface area contributed by atoms with Gasteiger partial charge in [0.25, 0.3) is 0 Å². The van der Waals surface area contributed by atoms with Crippen molar-refractivity contribution in [3.05, 3.63) is 16.9 Å². The van der Waals surface area contributed by atoms with Crippen molar-refractivity contribution in [2.24, 2.45) is 5.92 Å². The van der Waals surface area contributed by atoms with Crippen LogP contribution in [0.15, 0.2) is 16.9 Å². The van der Waals surface area contributed by atoms with Crippen LogP contribution in [0.2, 0.25) is 0 Å². The number of carbonyl (C=O) groups is 1. The van der Waals surface area contributed by atoms with E-state index in [0.29, 0.717) is 24.9 Å². The molecule has 4 heterocycles. The zero-order chi connectivity index (χ0) is 13.2. The lowest BCUT2D eigenvalue weighted by Crippen LogP contribution is -2.57. The van der Waals surface area contributed by atoms with Gasteiger partial charge in [0, 0.05) is 31.7 Å². The molecular formula is C13H19BrN4O. The van der Waals surface area contributed by atoms with Crippen LogP contribution in [-0.2, 0) is 11.3 Å². The standard InChI is InChI=1S/C13H19BrN4O/c14-11-7-15-18(8-11)6-3-13(19)16-12-9-17-4-1-10(12)2-5-17/h7-8,10,12H,1-6,9H2,(H,16,19). The first kappa shape index (κ1) is 13.1. The lowest BCUT2D eigenvalue weighted by Gasteiger charge is -2.44. The van der Waals surface area contributed by atoms with E-state index in [0.717, 1.165) is 11.0 Å². The van der Waals surface area contributed by atoms with Gasteiger partial charge in [-0.3, -0.25) is 9.48 Å². The van der Waals surface area contributed by atoms with Crippen LogP contribution in [0.5, 0.6) is 0 Å². The van der Waals surface area contributed by atoms with Crippen molar-refractivity contribution in [3.63, 3.8) is 0 Å². The van der Waals surface area contributed by atoms with Gasteiger partial charge < -0.3 is 10.2 Å². The molecule has 1 atom stereocenters. The third kappa shape index (κ3) is 3.17. The highest BCUT2D eigenvalue weighted by molar-refractivity contribution is 9.10. The molecule has 0 saturated carbocycles. The summed E-state index contributed by atoms with van der Waals surface area (Å²) in [7, 11) is 0. The van der Waals surface area contributed by atoms with Crippen LogP contribution in [-0.4, -0.2) is 46.3 Å². The molecule has 0 spiro atoms. The lowest BCUT2D eigenvalue weighted by molar-refractivity contribution is -0.123. The number of nitrogens with zero attached hydrogens (tertiary/aromatic N) is 3. The molecule has 104 valence electrons. The number of aryl methyl sites for hydroxylation is 1. The zero-order valence-electron chi connectivity index (χ0n) is 10.9. The third-order valence-electron chi connectivity index (χ3n) is 4.17. The van der Waals surface area contributed by atoms with E-state index >= 15 is 0 Å². The fourth-order valence-electron chi connectivity index (χ4n) is 3.08. The number of amides is 1. The maximum atomic E-state index is 12.0. The first-order chi connectivity index (χ1) is 9.20. The van der Waals surface area contributed by atoms with Gasteiger partial charge in [-0.25, -0.2) is 0 Å². The van der Waals surface area contributed by atoms with Crippen molar-refractivity contribution in [2.45, 2.75) is 31.8 Å². The quantitative estimate of drug-likeness (QED) is 0.905. The molecule has 0 aliphatic carbocycles. The maximum absolute atomic E-state index is 12.0. The van der Waals surface area contributed by atoms with Gasteiger partial charge in [-0.1, -0.05) is 0 Å². The van der Waals surface area contributed by atoms with Gasteiger partial charge in [0.2, 0.25) is 5.91 Å². The summed E-state index contributed by atoms with van der Waals surface area (Å²) in [6.45, 7) is 4.08. The predicted molar refractivity (Wildman–Crippen MR) is 75.6 cm³/mol. The van der Waals surface area contributed by atoms with E-state index in [1.54, 1.807) is 10.9 Å². The number of hydrogen-bond donors (Lipinski definition) is 1. The molecule has 1 unspecified atom stereocenters. The van der Waals surface area contributed by atoms with Crippen LogP contribution in [0.25, 0.3) is 0 Å². The normalized spacial score (nSPS) is 29.4. The van der Waals surface area contributed by atoms with Crippen LogP contribution in [0.3, 0.4) is 0 Å². The summed E-state index contributed by atoms with van der Waals surface area (Å²) >= 11 is 3.35. The molecule has 3 fully saturated rings. The number of hydrogen-bond acceptors (Lipinski definition) is 3. The molecule has 0 radical (unpaired) electrons. The number of halogens is 1. The smallest absolute Gasteiger partial charge is 0.222 e. The Morgan fingerprint density at radius 3 is 2.84 bits per heavy atom. The van der Waals surface area contributed by atoms with Crippen LogP contribution >= 0.6 is 15.9 Å². The third-order valence-corrected chi connectivity index (χ3v) is 4.58. The Hall–Kier alpha value is -0.880. The van der Waals surface area contributed by atoms with E-state index in [4.69, 9.17) is 0 Å². The minimum atomic E-state index is 0.144. The Morgan fingerprint density at radius 1 is 1.47 bits per heavy atom. The monoisotopic (exact) mass is 326 g/mol. The summed E-state index contributed by atoms with van der Waals surface area (Å²) in [4.78, 5) is 14.4. The highest BCUT2D eigenvalue weighted by Gasteiger charge is 2.34. The molecule has 4 rings (SSSR count). The average Bonchev–Trinajstić information content (AvgIpc) is 2.84. The second kappa shape index (κ2) is 5.63. The van der Waals surface area contributed by atoms with Gasteiger partial charge >= 0.3 is 0 Å². The summed E-state index contributed by atoms with van der Waals surface area (Å²) in [6, 6.07) is 0.361. The highest BCUT2D eigenvalue weighted by Crippen LogP contribution is 2.27. The number of fused-ring (bicyclic) bond motifs is 3. The first-order valence-electron chi connectivity index (χ1n) is 6.90. The van der Waals surface area contributed by atoms with Gasteiger partial charge in [0.1, 0.15) is 0 Å². The molecule has 5 nitrogen and oxygen atoms in total. The predicted octanol–water partition coefficient (Wildman–Crippen LogP) is 1.25. The zero-order valence-corrected chi connectivity index (χ0v) is 12.5. The molecule has 6 heteroatoms. The molecule has 1 aromatic rings. The van der Waals surface area contributed by atoms with Crippen LogP contribution < -0.4 is 5.32 Å². The number of carbonyl (C=O) groups excluding carboxylic acids is 1. The number of nitrogens with one attached hydrogen (secondary N) is 1. The van der Waals surface area contributed by atoms with Gasteiger partial charge in [-0.15, -0.1) is 0 Å². The van der Waals surface area contributed by atoms with E-state index in [2.05, 4.69) is 31.2 Å². The molecule has 1 amide bonds. The molecular weight excluding hydrogens is 308 g/mol. The van der Waals surface area contributed by atoms with Crippen molar-refractivity contribution in [2.75, 3.05) is 19.6 Å². The Kier molecular flexibility index (Phi) is 3.88. The van der Waals surface area contributed by atoms with Crippen LogP contribution in [0.1, 0.15) is 19.3 Å². The van der Waals surface area contributed by atoms with Crippen molar-refractivity contribution in [3.8, 4) is 0 Å². The largest absolute Gasteiger partial charge is 0.352 e. The van der Waals surface area contributed by atoms with E-state index < -0.39 is 0 Å². The Morgan fingerprint density at radius 2 is 2.26 bits per heavy atom. The van der Waals surface area contributed by atoms with E-state index in [1.807, 2.05) is 6.20 Å². The van der Waals surface area contributed by atoms with E-state index in [9.17, 15) is 4.79 Å². The van der Waals surface area contributed by atoms with Crippen molar-refractivity contribution >= 4 is 21.8 Å². The second-order valence-electron chi connectivity index (χ2n) is 5.48. The van der Waals surface area contributed by atoms with Crippen molar-refractivity contribution < 1.29 is 4.79 Å². The molecule has 3 saturated heterocycles. The Balaban J connectivity index is 1.46. The SMILES string of the molecule is O=C(CCn1cc(Br)cn1)NC1CN2CCC1CC2. The van der Waals surface area contributed by atoms with Crippen LogP contribution in [0, 0.1) is 5.92 Å². The summed E-state index contributed by atoms with van der Waals surface area (Å²) in [5.74, 6) is 0.832. The topological polar surface area (TPSA) is 50.2 Å². The van der Waals surface area contributed by atoms with Crippen molar-refractivity contribution in [1.29, 1.82) is 0 Å². The highest BCUT2D eigenvalue weighted by atomic mass is 79.9. The second-order valence-corrected chi connectivity index (χ2v) is 6.40. The minimum absolute atomic E-state index is 0.144. The fourth-order valence-corrected chi connectivity index (χ4v) is 3.41. The molecule has 2 bridgehead atoms. The summed E-state index contributed by atoms with van der Waals surface area (Å²) in [5.41, 5.74) is 0. The maximum Gasteiger partial charge on any atom is 0.222 e. The van der Waals surface area contributed by atoms with Gasteiger partial charge in [-0.05, 0) is 47.8 Å². The summed E-state index contributed by atoms with van der Waals surface area (Å²) in [6.07, 6.45) is 6.60. The molecule has 3 aliphatic heterocycles. The average molecular weight is 327 g/mol. The first-order valence-corrected chi connectivity index (χ1v) is 7.70. The summed E-state index contributed by atoms with van der Waals surface area (Å²) < 4.78 is 2.74. The summed E-state index contributed by atoms with van der Waals surface area (Å²) in [5, 5.41) is 7.35. The molecule has 1 N–H and O–H groups in total. The van der Waals surface area contributed by atoms with Crippen LogP contribution in [0.4, 0.5) is 0 Å². The number of piperidine rings is 3. The molecule has 3 aliphatic rings. The molecule has 19 heavy (non-hydrogen) atoms.